The van der Waals surface area contributed by atoms with E-state index in [9.17, 15) is 14.4 Å². The van der Waals surface area contributed by atoms with E-state index < -0.39 is 5.97 Å². The Kier molecular flexibility index (Phi) is 3.10. The summed E-state index contributed by atoms with van der Waals surface area (Å²) in [6.45, 7) is 1.80. The third-order valence-corrected chi connectivity index (χ3v) is 3.95. The van der Waals surface area contributed by atoms with Crippen molar-refractivity contribution in [1.29, 1.82) is 0 Å². The summed E-state index contributed by atoms with van der Waals surface area (Å²) in [5, 5.41) is 11.6. The maximum Gasteiger partial charge on any atom is 0.353 e. The Morgan fingerprint density at radius 1 is 1.59 bits per heavy atom. The Labute approximate surface area is 102 Å². The molecule has 0 radical (unpaired) electrons. The maximum absolute atomic E-state index is 11.3. The van der Waals surface area contributed by atoms with E-state index in [1.807, 2.05) is 0 Å². The lowest BCUT2D eigenvalue weighted by Gasteiger charge is -2.33. The molecule has 92 valence electrons. The van der Waals surface area contributed by atoms with Crippen LogP contribution in [0, 0.1) is 0 Å². The number of carboxylic acids is 1. The second-order valence-electron chi connectivity index (χ2n) is 3.85. The van der Waals surface area contributed by atoms with Crippen molar-refractivity contribution < 1.29 is 19.5 Å². The predicted octanol–water partition coefficient (Wildman–Crippen LogP) is 0.114. The zero-order valence-corrected chi connectivity index (χ0v) is 10.0. The van der Waals surface area contributed by atoms with Gasteiger partial charge in [-0.2, -0.15) is 0 Å². The molecule has 1 saturated heterocycles. The molecule has 7 heteroatoms. The number of β-lactam (4-membered cyclic amide) rings is 1. The topological polar surface area (TPSA) is 86.7 Å². The van der Waals surface area contributed by atoms with Crippen LogP contribution in [-0.2, 0) is 14.4 Å². The van der Waals surface area contributed by atoms with Gasteiger partial charge in [-0.15, -0.1) is 11.8 Å². The normalized spacial score (nSPS) is 22.3. The molecular weight excluding hydrogens is 244 g/mol. The average molecular weight is 256 g/mol. The maximum atomic E-state index is 11.3. The van der Waals surface area contributed by atoms with Gasteiger partial charge in [-0.1, -0.05) is 0 Å². The van der Waals surface area contributed by atoms with Crippen molar-refractivity contribution in [3.63, 3.8) is 0 Å². The Bertz CT molecular complexity index is 432. The van der Waals surface area contributed by atoms with Gasteiger partial charge in [0.1, 0.15) is 5.70 Å². The largest absolute Gasteiger partial charge is 0.477 e. The minimum atomic E-state index is -1.08. The van der Waals surface area contributed by atoms with Crippen molar-refractivity contribution >= 4 is 29.5 Å². The molecule has 2 heterocycles. The van der Waals surface area contributed by atoms with E-state index in [4.69, 9.17) is 5.11 Å². The molecule has 2 rings (SSSR count). The van der Waals surface area contributed by atoms with Gasteiger partial charge in [0.25, 0.3) is 0 Å². The molecular formula is C10H12N2O4S. The van der Waals surface area contributed by atoms with Crippen LogP contribution < -0.4 is 5.32 Å². The monoisotopic (exact) mass is 256 g/mol. The number of rotatable bonds is 4. The van der Waals surface area contributed by atoms with E-state index >= 15 is 0 Å². The number of nitrogens with one attached hydrogen (secondary N) is 1. The lowest BCUT2D eigenvalue weighted by molar-refractivity contribution is -0.145. The lowest BCUT2D eigenvalue weighted by atomic mass is 10.1. The summed E-state index contributed by atoms with van der Waals surface area (Å²) in [5.74, 6) is -1.37. The van der Waals surface area contributed by atoms with E-state index in [-0.39, 0.29) is 22.9 Å². The molecule has 17 heavy (non-hydrogen) atoms. The SMILES string of the molecule is CC(=O)NCCC1=C(C(=O)O)N2C(=O)C[C@@H]2S1. The van der Waals surface area contributed by atoms with Crippen LogP contribution >= 0.6 is 11.8 Å². The lowest BCUT2D eigenvalue weighted by Crippen LogP contribution is -2.48. The number of amides is 2. The molecule has 0 unspecified atom stereocenters. The highest BCUT2D eigenvalue weighted by molar-refractivity contribution is 8.04. The van der Waals surface area contributed by atoms with Crippen LogP contribution in [0.1, 0.15) is 19.8 Å². The molecule has 2 amide bonds. The minimum absolute atomic E-state index is 0.0547. The van der Waals surface area contributed by atoms with Gasteiger partial charge in [-0.25, -0.2) is 4.79 Å². The van der Waals surface area contributed by atoms with Crippen LogP contribution in [0.4, 0.5) is 0 Å². The van der Waals surface area contributed by atoms with Crippen molar-refractivity contribution in [2.75, 3.05) is 6.54 Å². The molecule has 0 aromatic heterocycles. The zero-order valence-electron chi connectivity index (χ0n) is 9.23. The summed E-state index contributed by atoms with van der Waals surface area (Å²) >= 11 is 1.40. The van der Waals surface area contributed by atoms with Gasteiger partial charge in [0.2, 0.25) is 11.8 Å². The highest BCUT2D eigenvalue weighted by atomic mass is 32.2. The summed E-state index contributed by atoms with van der Waals surface area (Å²) in [7, 11) is 0. The fourth-order valence-electron chi connectivity index (χ4n) is 1.86. The van der Waals surface area contributed by atoms with Gasteiger partial charge in [0, 0.05) is 18.4 Å². The zero-order chi connectivity index (χ0) is 12.6. The standard InChI is InChI=1S/C10H12N2O4S/c1-5(13)11-3-2-6-9(10(15)16)12-7(14)4-8(12)17-6/h8H,2-4H2,1H3,(H,11,13)(H,15,16)/t8-/m0/s1. The first-order valence-corrected chi connectivity index (χ1v) is 6.08. The van der Waals surface area contributed by atoms with E-state index in [2.05, 4.69) is 5.32 Å². The molecule has 0 aliphatic carbocycles. The molecule has 0 aromatic rings. The van der Waals surface area contributed by atoms with Crippen molar-refractivity contribution in [3.8, 4) is 0 Å². The molecule has 1 atom stereocenters. The Morgan fingerprint density at radius 3 is 2.82 bits per heavy atom. The molecule has 2 N–H and O–H groups in total. The van der Waals surface area contributed by atoms with Crippen molar-refractivity contribution in [1.82, 2.24) is 10.2 Å². The molecule has 0 spiro atoms. The molecule has 0 bridgehead atoms. The van der Waals surface area contributed by atoms with E-state index in [0.717, 1.165) is 0 Å². The number of carbonyl (C=O) groups is 3. The van der Waals surface area contributed by atoms with Gasteiger partial charge < -0.3 is 10.4 Å². The van der Waals surface area contributed by atoms with Gasteiger partial charge >= 0.3 is 5.97 Å². The summed E-state index contributed by atoms with van der Waals surface area (Å²) in [5.41, 5.74) is 0.0848. The number of hydrogen-bond acceptors (Lipinski definition) is 4. The summed E-state index contributed by atoms with van der Waals surface area (Å²) in [6, 6.07) is 0. The first-order chi connectivity index (χ1) is 8.00. The molecule has 0 aromatic carbocycles. The van der Waals surface area contributed by atoms with Gasteiger partial charge in [0.15, 0.2) is 0 Å². The Morgan fingerprint density at radius 2 is 2.29 bits per heavy atom. The molecule has 1 fully saturated rings. The van der Waals surface area contributed by atoms with Crippen LogP contribution in [0.3, 0.4) is 0 Å². The molecule has 0 saturated carbocycles. The van der Waals surface area contributed by atoms with Crippen molar-refractivity contribution in [2.24, 2.45) is 0 Å². The van der Waals surface area contributed by atoms with Crippen molar-refractivity contribution in [3.05, 3.63) is 10.6 Å². The predicted molar refractivity (Wildman–Crippen MR) is 60.8 cm³/mol. The fourth-order valence-corrected chi connectivity index (χ4v) is 3.26. The number of nitrogens with zero attached hydrogens (tertiary/aromatic N) is 1. The second kappa shape index (κ2) is 4.40. The number of hydrogen-bond donors (Lipinski definition) is 2. The first kappa shape index (κ1) is 12.0. The quantitative estimate of drug-likeness (QED) is 0.697. The summed E-state index contributed by atoms with van der Waals surface area (Å²) < 4.78 is 0. The molecule has 6 nitrogen and oxygen atoms in total. The van der Waals surface area contributed by atoms with Crippen LogP contribution in [0.5, 0.6) is 0 Å². The van der Waals surface area contributed by atoms with Gasteiger partial charge in [0.05, 0.1) is 11.8 Å². The Hall–Kier alpha value is -1.50. The first-order valence-electron chi connectivity index (χ1n) is 5.20. The number of aliphatic carboxylic acids is 1. The van der Waals surface area contributed by atoms with Crippen LogP contribution in [-0.4, -0.2) is 39.7 Å². The minimum Gasteiger partial charge on any atom is -0.477 e. The third-order valence-electron chi connectivity index (χ3n) is 2.62. The Balaban J connectivity index is 2.07. The average Bonchev–Trinajstić information content (AvgIpc) is 2.50. The summed E-state index contributed by atoms with van der Waals surface area (Å²) in [6.07, 6.45) is 0.844. The van der Waals surface area contributed by atoms with E-state index in [1.165, 1.54) is 23.6 Å². The summed E-state index contributed by atoms with van der Waals surface area (Å²) in [4.78, 5) is 35.1. The number of fused-ring (bicyclic) bond motifs is 1. The highest BCUT2D eigenvalue weighted by Gasteiger charge is 2.47. The highest BCUT2D eigenvalue weighted by Crippen LogP contribution is 2.47. The van der Waals surface area contributed by atoms with Crippen LogP contribution in [0.2, 0.25) is 0 Å². The van der Waals surface area contributed by atoms with Crippen molar-refractivity contribution in [2.45, 2.75) is 25.1 Å². The van der Waals surface area contributed by atoms with Gasteiger partial charge in [-0.05, 0) is 6.42 Å². The molecule has 2 aliphatic rings. The van der Waals surface area contributed by atoms with E-state index in [1.54, 1.807) is 0 Å². The smallest absolute Gasteiger partial charge is 0.353 e. The fraction of sp³-hybridized carbons (Fsp3) is 0.500. The number of carboxylic acid groups (broad SMARTS) is 1. The van der Waals surface area contributed by atoms with Crippen LogP contribution in [0.25, 0.3) is 0 Å². The van der Waals surface area contributed by atoms with Crippen LogP contribution in [0.15, 0.2) is 10.6 Å². The third kappa shape index (κ3) is 2.14. The number of carbonyl (C=O) groups excluding carboxylic acids is 2. The van der Waals surface area contributed by atoms with E-state index in [0.29, 0.717) is 24.3 Å². The second-order valence-corrected chi connectivity index (χ2v) is 5.12. The van der Waals surface area contributed by atoms with Gasteiger partial charge in [-0.3, -0.25) is 14.5 Å². The number of thioether (sulfide) groups is 1. The molecule has 2 aliphatic heterocycles.